The Kier molecular flexibility index (Phi) is 5.48. The second-order valence-electron chi connectivity index (χ2n) is 7.96. The van der Waals surface area contributed by atoms with E-state index in [1.54, 1.807) is 30.3 Å². The van der Waals surface area contributed by atoms with Gasteiger partial charge in [0.05, 0.1) is 6.26 Å². The number of hydrogen-bond donors (Lipinski definition) is 1. The Balaban J connectivity index is 1.38. The van der Waals surface area contributed by atoms with Crippen LogP contribution in [0.15, 0.2) is 69.8 Å². The first kappa shape index (κ1) is 20.7. The Morgan fingerprint density at radius 3 is 2.64 bits per heavy atom. The number of amides is 2. The molecule has 4 aromatic rings. The number of benzene rings is 2. The molecular weight excluding hydrogens is 420 g/mol. The molecular formula is C25H22N4O4. The molecule has 8 nitrogen and oxygen atoms in total. The standard InChI is InChI=1S/C25H22N4O4/c1-16-9-10-18(15-20(16)26-23(30)21-8-5-13-32-21)24-27-22(28-33-24)17-6-4-7-19(14-17)25(31)29-11-2-3-12-29/h4-10,13-15H,2-3,11-12H2,1H3,(H,26,30). The molecule has 1 N–H and O–H groups in total. The lowest BCUT2D eigenvalue weighted by atomic mass is 10.1. The molecule has 1 saturated heterocycles. The molecule has 5 rings (SSSR count). The number of nitrogens with zero attached hydrogens (tertiary/aromatic N) is 3. The minimum absolute atomic E-state index is 0.0218. The summed E-state index contributed by atoms with van der Waals surface area (Å²) in [6.45, 7) is 3.48. The van der Waals surface area contributed by atoms with Crippen LogP contribution in [-0.2, 0) is 0 Å². The highest BCUT2D eigenvalue weighted by Gasteiger charge is 2.20. The smallest absolute Gasteiger partial charge is 0.291 e. The summed E-state index contributed by atoms with van der Waals surface area (Å²) in [6.07, 6.45) is 3.53. The summed E-state index contributed by atoms with van der Waals surface area (Å²) in [5, 5.41) is 6.94. The van der Waals surface area contributed by atoms with Crippen molar-refractivity contribution in [3.63, 3.8) is 0 Å². The van der Waals surface area contributed by atoms with Gasteiger partial charge in [0, 0.05) is 35.5 Å². The molecule has 33 heavy (non-hydrogen) atoms. The summed E-state index contributed by atoms with van der Waals surface area (Å²) in [5.41, 5.74) is 3.48. The highest BCUT2D eigenvalue weighted by atomic mass is 16.5. The van der Waals surface area contributed by atoms with Crippen LogP contribution in [-0.4, -0.2) is 39.9 Å². The Labute approximate surface area is 190 Å². The minimum atomic E-state index is -0.342. The first-order chi connectivity index (χ1) is 16.1. The summed E-state index contributed by atoms with van der Waals surface area (Å²) >= 11 is 0. The van der Waals surface area contributed by atoms with Crippen molar-refractivity contribution in [1.82, 2.24) is 15.0 Å². The van der Waals surface area contributed by atoms with Crippen molar-refractivity contribution in [2.75, 3.05) is 18.4 Å². The normalized spacial score (nSPS) is 13.3. The second kappa shape index (κ2) is 8.74. The zero-order valence-corrected chi connectivity index (χ0v) is 18.1. The van der Waals surface area contributed by atoms with E-state index in [9.17, 15) is 9.59 Å². The van der Waals surface area contributed by atoms with E-state index in [-0.39, 0.29) is 17.6 Å². The van der Waals surface area contributed by atoms with E-state index >= 15 is 0 Å². The number of hydrogen-bond acceptors (Lipinski definition) is 6. The molecule has 2 aromatic carbocycles. The van der Waals surface area contributed by atoms with Crippen molar-refractivity contribution in [3.8, 4) is 22.8 Å². The zero-order valence-electron chi connectivity index (χ0n) is 18.1. The molecule has 1 fully saturated rings. The summed E-state index contributed by atoms with van der Waals surface area (Å²) < 4.78 is 10.6. The van der Waals surface area contributed by atoms with E-state index in [2.05, 4.69) is 15.5 Å². The molecule has 166 valence electrons. The molecule has 3 heterocycles. The maximum absolute atomic E-state index is 12.7. The number of nitrogens with one attached hydrogen (secondary N) is 1. The first-order valence-electron chi connectivity index (χ1n) is 10.8. The topological polar surface area (TPSA) is 101 Å². The monoisotopic (exact) mass is 442 g/mol. The van der Waals surface area contributed by atoms with Crippen LogP contribution in [0, 0.1) is 6.92 Å². The first-order valence-corrected chi connectivity index (χ1v) is 10.8. The second-order valence-corrected chi connectivity index (χ2v) is 7.96. The minimum Gasteiger partial charge on any atom is -0.459 e. The zero-order chi connectivity index (χ0) is 22.8. The molecule has 0 atom stereocenters. The van der Waals surface area contributed by atoms with Gasteiger partial charge in [-0.05, 0) is 61.7 Å². The van der Waals surface area contributed by atoms with Crippen molar-refractivity contribution in [2.24, 2.45) is 0 Å². The molecule has 0 spiro atoms. The van der Waals surface area contributed by atoms with E-state index < -0.39 is 0 Å². The number of aryl methyl sites for hydroxylation is 1. The van der Waals surface area contributed by atoms with Crippen LogP contribution in [0.5, 0.6) is 0 Å². The Bertz CT molecular complexity index is 1300. The lowest BCUT2D eigenvalue weighted by Gasteiger charge is -2.15. The van der Waals surface area contributed by atoms with Gasteiger partial charge in [-0.3, -0.25) is 9.59 Å². The quantitative estimate of drug-likeness (QED) is 0.477. The van der Waals surface area contributed by atoms with Gasteiger partial charge in [0.2, 0.25) is 5.82 Å². The predicted molar refractivity (Wildman–Crippen MR) is 122 cm³/mol. The molecule has 2 aromatic heterocycles. The number of carbonyl (C=O) groups excluding carboxylic acids is 2. The summed E-state index contributed by atoms with van der Waals surface area (Å²) in [5.74, 6) is 0.611. The van der Waals surface area contributed by atoms with Crippen LogP contribution >= 0.6 is 0 Å². The molecule has 0 saturated carbocycles. The van der Waals surface area contributed by atoms with Crippen LogP contribution in [0.4, 0.5) is 5.69 Å². The summed E-state index contributed by atoms with van der Waals surface area (Å²) in [7, 11) is 0. The van der Waals surface area contributed by atoms with Gasteiger partial charge in [0.1, 0.15) is 0 Å². The summed E-state index contributed by atoms with van der Waals surface area (Å²) in [6, 6.07) is 16.0. The molecule has 1 aliphatic rings. The van der Waals surface area contributed by atoms with Gasteiger partial charge in [-0.15, -0.1) is 0 Å². The third kappa shape index (κ3) is 4.27. The lowest BCUT2D eigenvalue weighted by molar-refractivity contribution is 0.0792. The number of anilines is 1. The maximum Gasteiger partial charge on any atom is 0.291 e. The van der Waals surface area contributed by atoms with Gasteiger partial charge >= 0.3 is 0 Å². The van der Waals surface area contributed by atoms with Crippen molar-refractivity contribution in [1.29, 1.82) is 0 Å². The van der Waals surface area contributed by atoms with Gasteiger partial charge < -0.3 is 19.2 Å². The van der Waals surface area contributed by atoms with E-state index in [0.717, 1.165) is 31.5 Å². The highest BCUT2D eigenvalue weighted by Crippen LogP contribution is 2.27. The molecule has 0 aliphatic carbocycles. The van der Waals surface area contributed by atoms with Gasteiger partial charge in [0.25, 0.3) is 17.7 Å². The molecule has 0 radical (unpaired) electrons. The molecule has 0 bridgehead atoms. The third-order valence-electron chi connectivity index (χ3n) is 5.66. The molecule has 1 aliphatic heterocycles. The van der Waals surface area contributed by atoms with Crippen LogP contribution in [0.1, 0.15) is 39.3 Å². The van der Waals surface area contributed by atoms with E-state index in [0.29, 0.717) is 34.1 Å². The molecule has 0 unspecified atom stereocenters. The number of aromatic nitrogens is 2. The van der Waals surface area contributed by atoms with E-state index in [1.807, 2.05) is 36.1 Å². The van der Waals surface area contributed by atoms with Crippen LogP contribution in [0.3, 0.4) is 0 Å². The van der Waals surface area contributed by atoms with Gasteiger partial charge in [-0.2, -0.15) is 4.98 Å². The summed E-state index contributed by atoms with van der Waals surface area (Å²) in [4.78, 5) is 31.5. The maximum atomic E-state index is 12.7. The number of furan rings is 1. The molecule has 8 heteroatoms. The van der Waals surface area contributed by atoms with Crippen LogP contribution < -0.4 is 5.32 Å². The average molecular weight is 442 g/mol. The Morgan fingerprint density at radius 2 is 1.85 bits per heavy atom. The Morgan fingerprint density at radius 1 is 1.00 bits per heavy atom. The van der Waals surface area contributed by atoms with Crippen molar-refractivity contribution in [3.05, 3.63) is 77.7 Å². The lowest BCUT2D eigenvalue weighted by Crippen LogP contribution is -2.27. The van der Waals surface area contributed by atoms with Gasteiger partial charge in [-0.25, -0.2) is 0 Å². The third-order valence-corrected chi connectivity index (χ3v) is 5.66. The number of rotatable bonds is 5. The fourth-order valence-electron chi connectivity index (χ4n) is 3.83. The fraction of sp³-hybridized carbons (Fsp3) is 0.200. The average Bonchev–Trinajstić information content (AvgIpc) is 3.63. The van der Waals surface area contributed by atoms with E-state index in [1.165, 1.54) is 6.26 Å². The molecule has 2 amide bonds. The van der Waals surface area contributed by atoms with Crippen LogP contribution in [0.25, 0.3) is 22.8 Å². The van der Waals surface area contributed by atoms with Gasteiger partial charge in [0.15, 0.2) is 5.76 Å². The van der Waals surface area contributed by atoms with Crippen molar-refractivity contribution >= 4 is 17.5 Å². The SMILES string of the molecule is Cc1ccc(-c2nc(-c3cccc(C(=O)N4CCCC4)c3)no2)cc1NC(=O)c1ccco1. The van der Waals surface area contributed by atoms with E-state index in [4.69, 9.17) is 8.94 Å². The highest BCUT2D eigenvalue weighted by molar-refractivity contribution is 6.03. The Hall–Kier alpha value is -4.20. The van der Waals surface area contributed by atoms with Crippen molar-refractivity contribution in [2.45, 2.75) is 19.8 Å². The number of carbonyl (C=O) groups is 2. The fourth-order valence-corrected chi connectivity index (χ4v) is 3.83. The number of likely N-dealkylation sites (tertiary alicyclic amines) is 1. The predicted octanol–water partition coefficient (Wildman–Crippen LogP) is 4.79. The largest absolute Gasteiger partial charge is 0.459 e. The van der Waals surface area contributed by atoms with Gasteiger partial charge in [-0.1, -0.05) is 23.4 Å². The van der Waals surface area contributed by atoms with Crippen molar-refractivity contribution < 1.29 is 18.5 Å². The van der Waals surface area contributed by atoms with Crippen LogP contribution in [0.2, 0.25) is 0 Å².